The van der Waals surface area contributed by atoms with Crippen molar-refractivity contribution in [1.29, 1.82) is 0 Å². The number of ether oxygens (including phenoxy) is 2. The number of cyclic esters (lactones) is 2. The summed E-state index contributed by atoms with van der Waals surface area (Å²) < 4.78 is 10.2. The normalized spacial score (nSPS) is 19.3. The van der Waals surface area contributed by atoms with Gasteiger partial charge in [-0.05, 0) is 48.2 Å². The zero-order valence-corrected chi connectivity index (χ0v) is 19.7. The molecular weight excluding hydrogens is 452 g/mol. The molecule has 2 aromatic carbocycles. The molecule has 2 N–H and O–H groups in total. The van der Waals surface area contributed by atoms with Crippen LogP contribution in [0.15, 0.2) is 24.3 Å². The number of rotatable bonds is 6. The number of carbonyl (C=O) groups excluding carboxylic acids is 3. The molecule has 0 radical (unpaired) electrons. The van der Waals surface area contributed by atoms with Crippen LogP contribution in [-0.2, 0) is 27.5 Å². The molecule has 3 aliphatic heterocycles. The number of hydrogen-bond acceptors (Lipinski definition) is 8. The van der Waals surface area contributed by atoms with Crippen LogP contribution < -0.4 is 0 Å². The lowest BCUT2D eigenvalue weighted by molar-refractivity contribution is -0.138. The highest BCUT2D eigenvalue weighted by Crippen LogP contribution is 2.31. The van der Waals surface area contributed by atoms with Gasteiger partial charge in [0.25, 0.3) is 0 Å². The first-order valence-corrected chi connectivity index (χ1v) is 11.7. The number of aliphatic hydroxyl groups is 2. The van der Waals surface area contributed by atoms with Crippen molar-refractivity contribution >= 4 is 17.8 Å². The Kier molecular flexibility index (Phi) is 6.08. The van der Waals surface area contributed by atoms with E-state index in [0.717, 1.165) is 27.8 Å². The maximum Gasteiger partial charge on any atom is 0.338 e. The molecule has 2 aromatic rings. The van der Waals surface area contributed by atoms with E-state index in [0.29, 0.717) is 29.8 Å². The second-order valence-corrected chi connectivity index (χ2v) is 9.37. The predicted molar refractivity (Wildman–Crippen MR) is 124 cm³/mol. The van der Waals surface area contributed by atoms with E-state index in [1.807, 2.05) is 18.7 Å². The summed E-state index contributed by atoms with van der Waals surface area (Å²) in [6.45, 7) is 5.71. The van der Waals surface area contributed by atoms with Gasteiger partial charge in [-0.25, -0.2) is 9.59 Å². The van der Waals surface area contributed by atoms with Gasteiger partial charge < -0.3 is 24.6 Å². The van der Waals surface area contributed by atoms with Gasteiger partial charge in [0, 0.05) is 30.8 Å². The van der Waals surface area contributed by atoms with Crippen LogP contribution in [0.2, 0.25) is 0 Å². The van der Waals surface area contributed by atoms with Gasteiger partial charge in [-0.3, -0.25) is 9.69 Å². The van der Waals surface area contributed by atoms with Crippen molar-refractivity contribution in [2.45, 2.75) is 39.3 Å². The number of fused-ring (bicyclic) bond motifs is 2. The molecule has 184 valence electrons. The highest BCUT2D eigenvalue weighted by Gasteiger charge is 2.31. The van der Waals surface area contributed by atoms with Crippen molar-refractivity contribution in [3.63, 3.8) is 0 Å². The molecule has 1 amide bonds. The molecule has 0 spiro atoms. The Labute approximate surface area is 202 Å². The second kappa shape index (κ2) is 9.07. The fraction of sp³-hybridized carbons (Fsp3) is 0.423. The largest absolute Gasteiger partial charge is 0.457 e. The summed E-state index contributed by atoms with van der Waals surface area (Å²) in [6.07, 6.45) is -1.68. The average molecular weight is 481 g/mol. The summed E-state index contributed by atoms with van der Waals surface area (Å²) in [4.78, 5) is 39.9. The molecule has 0 aliphatic carbocycles. The van der Waals surface area contributed by atoms with Crippen LogP contribution >= 0.6 is 0 Å². The molecule has 5 rings (SSSR count). The first-order valence-electron chi connectivity index (χ1n) is 11.7. The Morgan fingerprint density at radius 3 is 1.83 bits per heavy atom. The zero-order valence-electron chi connectivity index (χ0n) is 19.7. The molecule has 35 heavy (non-hydrogen) atoms. The van der Waals surface area contributed by atoms with Crippen molar-refractivity contribution in [1.82, 2.24) is 9.80 Å². The number of benzene rings is 2. The molecule has 3 heterocycles. The van der Waals surface area contributed by atoms with Crippen LogP contribution in [0.1, 0.15) is 66.3 Å². The van der Waals surface area contributed by atoms with E-state index < -0.39 is 12.2 Å². The highest BCUT2D eigenvalue weighted by atomic mass is 16.5. The summed E-state index contributed by atoms with van der Waals surface area (Å²) >= 11 is 0. The fourth-order valence-corrected chi connectivity index (χ4v) is 5.21. The Morgan fingerprint density at radius 1 is 0.800 bits per heavy atom. The van der Waals surface area contributed by atoms with Crippen molar-refractivity contribution in [2.24, 2.45) is 0 Å². The van der Waals surface area contributed by atoms with Crippen LogP contribution in [0.4, 0.5) is 0 Å². The molecule has 9 heteroatoms. The van der Waals surface area contributed by atoms with Crippen molar-refractivity contribution in [3.8, 4) is 0 Å². The number of amides is 1. The monoisotopic (exact) mass is 480 g/mol. The van der Waals surface area contributed by atoms with Gasteiger partial charge in [-0.1, -0.05) is 12.1 Å². The molecule has 2 atom stereocenters. The Morgan fingerprint density at radius 2 is 1.31 bits per heavy atom. The summed E-state index contributed by atoms with van der Waals surface area (Å²) in [5.74, 6) is -0.816. The van der Waals surface area contributed by atoms with Crippen LogP contribution in [0, 0.1) is 13.8 Å². The predicted octanol–water partition coefficient (Wildman–Crippen LogP) is 1.56. The van der Waals surface area contributed by atoms with Gasteiger partial charge in [0.05, 0.1) is 36.4 Å². The summed E-state index contributed by atoms with van der Waals surface area (Å²) in [6, 6.07) is 6.82. The van der Waals surface area contributed by atoms with Gasteiger partial charge in [0.1, 0.15) is 13.2 Å². The van der Waals surface area contributed by atoms with E-state index in [2.05, 4.69) is 0 Å². The quantitative estimate of drug-likeness (QED) is 0.599. The Hall–Kier alpha value is -3.27. The molecular formula is C26H28N2O7. The maximum absolute atomic E-state index is 12.8. The van der Waals surface area contributed by atoms with E-state index in [1.165, 1.54) is 0 Å². The second-order valence-electron chi connectivity index (χ2n) is 9.37. The molecule has 3 aliphatic rings. The number of piperazine rings is 1. The van der Waals surface area contributed by atoms with Crippen molar-refractivity contribution < 1.29 is 34.1 Å². The number of carbonyl (C=O) groups is 3. The topological polar surface area (TPSA) is 117 Å². The summed E-state index contributed by atoms with van der Waals surface area (Å²) in [5, 5.41) is 21.7. The van der Waals surface area contributed by atoms with Gasteiger partial charge in [0.15, 0.2) is 0 Å². The van der Waals surface area contributed by atoms with E-state index in [4.69, 9.17) is 9.47 Å². The number of nitrogens with zero attached hydrogens (tertiary/aromatic N) is 2. The van der Waals surface area contributed by atoms with Gasteiger partial charge in [-0.15, -0.1) is 0 Å². The molecule has 0 saturated carbocycles. The molecule has 9 nitrogen and oxygen atoms in total. The molecule has 2 unspecified atom stereocenters. The first-order chi connectivity index (χ1) is 16.7. The van der Waals surface area contributed by atoms with Crippen LogP contribution in [0.5, 0.6) is 0 Å². The average Bonchev–Trinajstić information content (AvgIpc) is 3.39. The number of hydrogen-bond donors (Lipinski definition) is 2. The van der Waals surface area contributed by atoms with Crippen molar-refractivity contribution in [2.75, 3.05) is 32.7 Å². The standard InChI is InChI=1S/C26H28N2O7/c1-14-16(3-5-18-20(14)12-34-25(18)32)22(29)9-27-7-8-28(24(31)11-27)10-23(30)17-4-6-19-21(15(17)2)13-35-26(19)33/h3-6,22-23,29-30H,7-13H2,1-2H3. The van der Waals surface area contributed by atoms with E-state index in [1.54, 1.807) is 29.2 Å². The van der Waals surface area contributed by atoms with Gasteiger partial charge >= 0.3 is 11.9 Å². The minimum atomic E-state index is -0.879. The third kappa shape index (κ3) is 4.20. The minimum absolute atomic E-state index is 0.121. The number of esters is 2. The van der Waals surface area contributed by atoms with Crippen molar-refractivity contribution in [3.05, 3.63) is 68.8 Å². The van der Waals surface area contributed by atoms with Crippen LogP contribution in [0.3, 0.4) is 0 Å². The summed E-state index contributed by atoms with van der Waals surface area (Å²) in [5.41, 5.74) is 5.72. The minimum Gasteiger partial charge on any atom is -0.457 e. The Balaban J connectivity index is 1.20. The lowest BCUT2D eigenvalue weighted by Crippen LogP contribution is -2.52. The first kappa shape index (κ1) is 23.5. The smallest absolute Gasteiger partial charge is 0.338 e. The van der Waals surface area contributed by atoms with E-state index in [-0.39, 0.29) is 50.7 Å². The molecule has 0 aromatic heterocycles. The molecule has 1 fully saturated rings. The maximum atomic E-state index is 12.8. The Bertz CT molecular complexity index is 1220. The third-order valence-electron chi connectivity index (χ3n) is 7.36. The highest BCUT2D eigenvalue weighted by molar-refractivity contribution is 5.94. The summed E-state index contributed by atoms with van der Waals surface area (Å²) in [7, 11) is 0. The zero-order chi connectivity index (χ0) is 24.9. The van der Waals surface area contributed by atoms with Crippen LogP contribution in [0.25, 0.3) is 0 Å². The van der Waals surface area contributed by atoms with Gasteiger partial charge in [0.2, 0.25) is 5.91 Å². The SMILES string of the molecule is Cc1c(C(O)CN2CCN(CC(O)c3ccc4c(c3C)COC4=O)C(=O)C2)ccc2c1COC2=O. The van der Waals surface area contributed by atoms with Crippen LogP contribution in [-0.4, -0.2) is 70.6 Å². The number of β-amino-alcohol motifs (C(OH)–C–C–N with tert-alkyl or cyclic N) is 2. The van der Waals surface area contributed by atoms with E-state index >= 15 is 0 Å². The third-order valence-corrected chi connectivity index (χ3v) is 7.36. The molecule has 0 bridgehead atoms. The fourth-order valence-electron chi connectivity index (χ4n) is 5.21. The van der Waals surface area contributed by atoms with E-state index in [9.17, 15) is 24.6 Å². The van der Waals surface area contributed by atoms with Gasteiger partial charge in [-0.2, -0.15) is 0 Å². The lowest BCUT2D eigenvalue weighted by Gasteiger charge is -2.36. The molecule has 1 saturated heterocycles. The number of aliphatic hydroxyl groups excluding tert-OH is 2. The lowest BCUT2D eigenvalue weighted by atomic mass is 9.95.